The minimum atomic E-state index is 1.16. The van der Waals surface area contributed by atoms with Gasteiger partial charge in [0.15, 0.2) is 0 Å². The first kappa shape index (κ1) is 8.27. The fourth-order valence-electron chi connectivity index (χ4n) is 1.46. The van der Waals surface area contributed by atoms with Crippen LogP contribution in [0.2, 0.25) is 0 Å². The number of hydrogen-bond donors (Lipinski definition) is 0. The van der Waals surface area contributed by atoms with Crippen molar-refractivity contribution < 1.29 is 0 Å². The first-order valence-corrected chi connectivity index (χ1v) is 5.00. The Kier molecular flexibility index (Phi) is 2.03. The lowest BCUT2D eigenvalue weighted by molar-refractivity contribution is 1.73. The van der Waals surface area contributed by atoms with Crippen LogP contribution in [0.15, 0.2) is 36.7 Å². The summed E-state index contributed by atoms with van der Waals surface area (Å²) in [6.45, 7) is 7.62. The largest absolute Gasteiger partial charge is 0.143 e. The highest BCUT2D eigenvalue weighted by atomic mass is 32.1. The van der Waals surface area contributed by atoms with E-state index in [9.17, 15) is 0 Å². The van der Waals surface area contributed by atoms with Crippen molar-refractivity contribution >= 4 is 33.6 Å². The van der Waals surface area contributed by atoms with Crippen molar-refractivity contribution in [1.29, 1.82) is 0 Å². The molecule has 0 aliphatic heterocycles. The Bertz CT molecular complexity index is 463. The predicted octanol–water partition coefficient (Wildman–Crippen LogP) is 4.19. The van der Waals surface area contributed by atoms with Crippen LogP contribution >= 0.6 is 11.3 Å². The van der Waals surface area contributed by atoms with E-state index in [-0.39, 0.29) is 0 Å². The van der Waals surface area contributed by atoms with Gasteiger partial charge in [-0.3, -0.25) is 0 Å². The van der Waals surface area contributed by atoms with Crippen molar-refractivity contribution in [1.82, 2.24) is 0 Å². The Morgan fingerprint density at radius 3 is 2.62 bits per heavy atom. The first-order chi connectivity index (χ1) is 6.36. The Morgan fingerprint density at radius 1 is 1.08 bits per heavy atom. The smallest absolute Gasteiger partial charge is 0.0420 e. The quantitative estimate of drug-likeness (QED) is 0.659. The van der Waals surface area contributed by atoms with Gasteiger partial charge in [0, 0.05) is 4.70 Å². The van der Waals surface area contributed by atoms with Crippen molar-refractivity contribution in [3.63, 3.8) is 0 Å². The Hall–Kier alpha value is -1.34. The van der Waals surface area contributed by atoms with E-state index in [1.807, 2.05) is 12.2 Å². The van der Waals surface area contributed by atoms with E-state index in [1.54, 1.807) is 11.3 Å². The Labute approximate surface area is 81.8 Å². The van der Waals surface area contributed by atoms with Crippen LogP contribution in [0.25, 0.3) is 22.2 Å². The maximum absolute atomic E-state index is 3.83. The van der Waals surface area contributed by atoms with Gasteiger partial charge < -0.3 is 0 Å². The SMILES string of the molecule is C=Cc1ccc2ccsc2c1C=C. The minimum absolute atomic E-state index is 1.16. The molecule has 0 aliphatic rings. The van der Waals surface area contributed by atoms with Gasteiger partial charge >= 0.3 is 0 Å². The van der Waals surface area contributed by atoms with Gasteiger partial charge in [0.1, 0.15) is 0 Å². The van der Waals surface area contributed by atoms with Gasteiger partial charge in [-0.05, 0) is 28.0 Å². The number of benzene rings is 1. The maximum atomic E-state index is 3.83. The van der Waals surface area contributed by atoms with Crippen molar-refractivity contribution in [2.75, 3.05) is 0 Å². The van der Waals surface area contributed by atoms with Gasteiger partial charge in [-0.25, -0.2) is 0 Å². The monoisotopic (exact) mass is 186 g/mol. The van der Waals surface area contributed by atoms with Gasteiger partial charge in [-0.1, -0.05) is 37.4 Å². The molecule has 0 bridgehead atoms. The van der Waals surface area contributed by atoms with Crippen molar-refractivity contribution in [2.45, 2.75) is 0 Å². The molecule has 0 spiro atoms. The summed E-state index contributed by atoms with van der Waals surface area (Å²) < 4.78 is 1.30. The third-order valence-electron chi connectivity index (χ3n) is 2.12. The summed E-state index contributed by atoms with van der Waals surface area (Å²) >= 11 is 1.75. The second kappa shape index (κ2) is 3.19. The molecule has 0 N–H and O–H groups in total. The molecule has 0 nitrogen and oxygen atoms in total. The van der Waals surface area contributed by atoms with Crippen LogP contribution in [0.4, 0.5) is 0 Å². The average Bonchev–Trinajstić information content (AvgIpc) is 2.63. The first-order valence-electron chi connectivity index (χ1n) is 4.12. The summed E-state index contributed by atoms with van der Waals surface area (Å²) in [5, 5.41) is 3.38. The van der Waals surface area contributed by atoms with E-state index in [0.29, 0.717) is 0 Å². The lowest BCUT2D eigenvalue weighted by atomic mass is 10.1. The van der Waals surface area contributed by atoms with Crippen LogP contribution in [-0.4, -0.2) is 0 Å². The minimum Gasteiger partial charge on any atom is -0.143 e. The number of fused-ring (bicyclic) bond motifs is 1. The highest BCUT2D eigenvalue weighted by Gasteiger charge is 2.02. The van der Waals surface area contributed by atoms with E-state index in [0.717, 1.165) is 5.56 Å². The average molecular weight is 186 g/mol. The van der Waals surface area contributed by atoms with Crippen LogP contribution < -0.4 is 0 Å². The molecule has 1 aromatic carbocycles. The molecule has 0 saturated heterocycles. The van der Waals surface area contributed by atoms with Gasteiger partial charge in [0.05, 0.1) is 0 Å². The van der Waals surface area contributed by atoms with E-state index in [1.165, 1.54) is 15.6 Å². The zero-order valence-corrected chi connectivity index (χ0v) is 8.10. The van der Waals surface area contributed by atoms with Crippen LogP contribution in [0, 0.1) is 0 Å². The lowest BCUT2D eigenvalue weighted by Gasteiger charge is -2.01. The van der Waals surface area contributed by atoms with Crippen LogP contribution in [0.3, 0.4) is 0 Å². The Morgan fingerprint density at radius 2 is 1.92 bits per heavy atom. The van der Waals surface area contributed by atoms with Crippen LogP contribution in [0.5, 0.6) is 0 Å². The van der Waals surface area contributed by atoms with Gasteiger partial charge in [0.2, 0.25) is 0 Å². The van der Waals surface area contributed by atoms with E-state index >= 15 is 0 Å². The number of thiophene rings is 1. The van der Waals surface area contributed by atoms with Crippen molar-refractivity contribution in [2.24, 2.45) is 0 Å². The standard InChI is InChI=1S/C12H10S/c1-3-9-5-6-10-7-8-13-12(10)11(9)4-2/h3-8H,1-2H2. The van der Waals surface area contributed by atoms with E-state index < -0.39 is 0 Å². The summed E-state index contributed by atoms with van der Waals surface area (Å²) in [6, 6.07) is 6.33. The summed E-state index contributed by atoms with van der Waals surface area (Å²) in [5.41, 5.74) is 2.35. The summed E-state index contributed by atoms with van der Waals surface area (Å²) in [7, 11) is 0. The molecule has 1 heteroatoms. The summed E-state index contributed by atoms with van der Waals surface area (Å²) in [5.74, 6) is 0. The Balaban J connectivity index is 2.89. The van der Waals surface area contributed by atoms with Crippen molar-refractivity contribution in [3.05, 3.63) is 47.9 Å². The molecular formula is C12H10S. The van der Waals surface area contributed by atoms with E-state index in [4.69, 9.17) is 0 Å². The third kappa shape index (κ3) is 1.21. The zero-order valence-electron chi connectivity index (χ0n) is 7.29. The fourth-order valence-corrected chi connectivity index (χ4v) is 2.41. The maximum Gasteiger partial charge on any atom is 0.0420 e. The highest BCUT2D eigenvalue weighted by molar-refractivity contribution is 7.17. The van der Waals surface area contributed by atoms with E-state index in [2.05, 4.69) is 36.7 Å². The fraction of sp³-hybridized carbons (Fsp3) is 0. The van der Waals surface area contributed by atoms with Gasteiger partial charge in [-0.15, -0.1) is 11.3 Å². The van der Waals surface area contributed by atoms with Crippen LogP contribution in [0.1, 0.15) is 11.1 Å². The molecule has 1 aromatic heterocycles. The topological polar surface area (TPSA) is 0 Å². The second-order valence-electron chi connectivity index (χ2n) is 2.82. The molecule has 13 heavy (non-hydrogen) atoms. The number of rotatable bonds is 2. The molecule has 1 heterocycles. The molecule has 0 saturated carbocycles. The molecule has 2 rings (SSSR count). The third-order valence-corrected chi connectivity index (χ3v) is 3.08. The molecule has 0 amide bonds. The molecule has 0 radical (unpaired) electrons. The second-order valence-corrected chi connectivity index (χ2v) is 3.73. The molecule has 64 valence electrons. The summed E-state index contributed by atoms with van der Waals surface area (Å²) in [6.07, 6.45) is 3.77. The molecular weight excluding hydrogens is 176 g/mol. The van der Waals surface area contributed by atoms with Gasteiger partial charge in [-0.2, -0.15) is 0 Å². The zero-order chi connectivity index (χ0) is 9.26. The van der Waals surface area contributed by atoms with Crippen molar-refractivity contribution in [3.8, 4) is 0 Å². The molecule has 0 aliphatic carbocycles. The molecule has 0 atom stereocenters. The predicted molar refractivity (Wildman–Crippen MR) is 62.0 cm³/mol. The summed E-state index contributed by atoms with van der Waals surface area (Å²) in [4.78, 5) is 0. The van der Waals surface area contributed by atoms with Gasteiger partial charge in [0.25, 0.3) is 0 Å². The lowest BCUT2D eigenvalue weighted by Crippen LogP contribution is -1.79. The molecule has 2 aromatic rings. The van der Waals surface area contributed by atoms with Crippen LogP contribution in [-0.2, 0) is 0 Å². The normalized spacial score (nSPS) is 10.2. The number of hydrogen-bond acceptors (Lipinski definition) is 1. The molecule has 0 unspecified atom stereocenters. The molecule has 0 fully saturated rings. The highest BCUT2D eigenvalue weighted by Crippen LogP contribution is 2.28.